The molecule has 0 unspecified atom stereocenters. The Hall–Kier alpha value is -0.680. The lowest BCUT2D eigenvalue weighted by Gasteiger charge is -1.93. The summed E-state index contributed by atoms with van der Waals surface area (Å²) in [5.74, 6) is 0. The van der Waals surface area contributed by atoms with Gasteiger partial charge in [0.15, 0.2) is 0 Å². The van der Waals surface area contributed by atoms with Crippen LogP contribution in [0, 0.1) is 10.1 Å². The molecule has 1 rings (SSSR count). The van der Waals surface area contributed by atoms with Crippen molar-refractivity contribution in [1.82, 2.24) is 0 Å². The van der Waals surface area contributed by atoms with Crippen molar-refractivity contribution in [3.63, 3.8) is 0 Å². The van der Waals surface area contributed by atoms with E-state index in [4.69, 9.17) is 0 Å². The van der Waals surface area contributed by atoms with E-state index in [0.29, 0.717) is 0 Å². The number of rotatable bonds is 2. The van der Waals surface area contributed by atoms with Crippen molar-refractivity contribution in [2.75, 3.05) is 0 Å². The number of nitrogens with zero attached hydrogens (tertiary/aromatic N) is 1. The molecule has 5 heteroatoms. The lowest BCUT2D eigenvalue weighted by atomic mass is 10.2. The second-order valence-corrected chi connectivity index (χ2v) is 5.06. The number of nitro groups is 1. The summed E-state index contributed by atoms with van der Waals surface area (Å²) >= 11 is 6.36. The highest BCUT2D eigenvalue weighted by Crippen LogP contribution is 2.20. The molecule has 0 N–H and O–H groups in total. The van der Waals surface area contributed by atoms with Gasteiger partial charge in [0.2, 0.25) is 0 Å². The third kappa shape index (κ3) is 3.28. The molecule has 0 saturated carbocycles. The lowest BCUT2D eigenvalue weighted by Crippen LogP contribution is -1.87. The Morgan fingerprint density at radius 2 is 2.15 bits per heavy atom. The van der Waals surface area contributed by atoms with Gasteiger partial charge in [0.05, 0.1) is 8.31 Å². The highest BCUT2D eigenvalue weighted by Gasteiger charge is 2.03. The summed E-state index contributed by atoms with van der Waals surface area (Å²) in [4.78, 5) is 9.98. The zero-order valence-corrected chi connectivity index (χ0v) is 9.58. The van der Waals surface area contributed by atoms with Gasteiger partial charge in [-0.25, -0.2) is 0 Å². The van der Waals surface area contributed by atoms with Crippen molar-refractivity contribution in [2.24, 2.45) is 0 Å². The van der Waals surface area contributed by atoms with Crippen molar-refractivity contribution >= 4 is 43.6 Å². The van der Waals surface area contributed by atoms with Crippen molar-refractivity contribution in [2.45, 2.75) is 0 Å². The van der Waals surface area contributed by atoms with E-state index in [2.05, 4.69) is 31.9 Å². The summed E-state index contributed by atoms with van der Waals surface area (Å²) in [7, 11) is 0. The molecular formula is C8H5Br2NO2. The van der Waals surface area contributed by atoms with Gasteiger partial charge in [-0.3, -0.25) is 10.1 Å². The molecule has 0 aromatic heterocycles. The van der Waals surface area contributed by atoms with Gasteiger partial charge >= 0.3 is 0 Å². The molecule has 68 valence electrons. The SMILES string of the molecule is O=[N+]([O-])c1cccc(C=C(Br)Br)c1. The second kappa shape index (κ2) is 4.53. The molecule has 0 radical (unpaired) electrons. The maximum absolute atomic E-state index is 10.4. The highest BCUT2D eigenvalue weighted by molar-refractivity contribution is 9.28. The van der Waals surface area contributed by atoms with Gasteiger partial charge in [0, 0.05) is 12.1 Å². The van der Waals surface area contributed by atoms with Crippen molar-refractivity contribution < 1.29 is 4.92 Å². The van der Waals surface area contributed by atoms with Crippen molar-refractivity contribution in [3.05, 3.63) is 43.3 Å². The Bertz CT molecular complexity index is 359. The van der Waals surface area contributed by atoms with E-state index in [9.17, 15) is 10.1 Å². The predicted octanol–water partition coefficient (Wildman–Crippen LogP) is 3.68. The van der Waals surface area contributed by atoms with E-state index in [-0.39, 0.29) is 5.69 Å². The van der Waals surface area contributed by atoms with Gasteiger partial charge in [-0.2, -0.15) is 0 Å². The van der Waals surface area contributed by atoms with Gasteiger partial charge < -0.3 is 0 Å². The third-order valence-electron chi connectivity index (χ3n) is 1.36. The summed E-state index contributed by atoms with van der Waals surface area (Å²) in [5.41, 5.74) is 0.868. The van der Waals surface area contributed by atoms with Crippen LogP contribution in [0.25, 0.3) is 6.08 Å². The number of nitro benzene ring substituents is 1. The van der Waals surface area contributed by atoms with Crippen LogP contribution in [0.5, 0.6) is 0 Å². The van der Waals surface area contributed by atoms with Gasteiger partial charge in [0.1, 0.15) is 0 Å². The summed E-state index contributed by atoms with van der Waals surface area (Å²) < 4.78 is 0.750. The molecule has 0 aliphatic rings. The molecule has 1 aromatic carbocycles. The van der Waals surface area contributed by atoms with E-state index in [1.165, 1.54) is 12.1 Å². The van der Waals surface area contributed by atoms with Gasteiger partial charge in [0.25, 0.3) is 5.69 Å². The third-order valence-corrected chi connectivity index (χ3v) is 1.81. The Kier molecular flexibility index (Phi) is 3.62. The van der Waals surface area contributed by atoms with Crippen molar-refractivity contribution in [3.8, 4) is 0 Å². The summed E-state index contributed by atoms with van der Waals surface area (Å²) in [6, 6.07) is 6.39. The monoisotopic (exact) mass is 305 g/mol. The van der Waals surface area contributed by atoms with Crippen LogP contribution in [0.15, 0.2) is 27.7 Å². The topological polar surface area (TPSA) is 43.1 Å². The zero-order chi connectivity index (χ0) is 9.84. The van der Waals surface area contributed by atoms with Gasteiger partial charge in [-0.1, -0.05) is 12.1 Å². The van der Waals surface area contributed by atoms with E-state index >= 15 is 0 Å². The number of hydrogen-bond acceptors (Lipinski definition) is 2. The summed E-state index contributed by atoms with van der Waals surface area (Å²) in [6.45, 7) is 0. The molecule has 0 spiro atoms. The van der Waals surface area contributed by atoms with Crippen LogP contribution in [0.3, 0.4) is 0 Å². The normalized spacial score (nSPS) is 9.38. The minimum atomic E-state index is -0.417. The fraction of sp³-hybridized carbons (Fsp3) is 0. The maximum atomic E-state index is 10.4. The molecule has 0 saturated heterocycles. The molecule has 0 atom stereocenters. The lowest BCUT2D eigenvalue weighted by molar-refractivity contribution is -0.384. The first kappa shape index (κ1) is 10.4. The predicted molar refractivity (Wildman–Crippen MR) is 58.9 cm³/mol. The highest BCUT2D eigenvalue weighted by atomic mass is 79.9. The van der Waals surface area contributed by atoms with Crippen molar-refractivity contribution in [1.29, 1.82) is 0 Å². The van der Waals surface area contributed by atoms with Crippen LogP contribution in [-0.2, 0) is 0 Å². The van der Waals surface area contributed by atoms with Crippen LogP contribution in [-0.4, -0.2) is 4.92 Å². The average molecular weight is 307 g/mol. The quantitative estimate of drug-likeness (QED) is 0.618. The Morgan fingerprint density at radius 1 is 1.46 bits per heavy atom. The van der Waals surface area contributed by atoms with Crippen LogP contribution >= 0.6 is 31.9 Å². The van der Waals surface area contributed by atoms with E-state index in [0.717, 1.165) is 8.96 Å². The molecule has 0 bridgehead atoms. The number of non-ortho nitro benzene ring substituents is 1. The molecule has 0 aliphatic heterocycles. The van der Waals surface area contributed by atoms with Gasteiger partial charge in [-0.05, 0) is 43.5 Å². The Morgan fingerprint density at radius 3 is 2.69 bits per heavy atom. The molecule has 0 heterocycles. The minimum Gasteiger partial charge on any atom is -0.258 e. The fourth-order valence-corrected chi connectivity index (χ4v) is 1.38. The van der Waals surface area contributed by atoms with E-state index in [1.807, 2.05) is 0 Å². The molecule has 0 fully saturated rings. The largest absolute Gasteiger partial charge is 0.270 e. The molecule has 3 nitrogen and oxygen atoms in total. The van der Waals surface area contributed by atoms with E-state index < -0.39 is 4.92 Å². The first-order valence-electron chi connectivity index (χ1n) is 3.37. The number of benzene rings is 1. The molecule has 13 heavy (non-hydrogen) atoms. The van der Waals surface area contributed by atoms with Crippen LogP contribution in [0.4, 0.5) is 5.69 Å². The molecule has 0 aliphatic carbocycles. The zero-order valence-electron chi connectivity index (χ0n) is 6.41. The number of halogens is 2. The smallest absolute Gasteiger partial charge is 0.258 e. The minimum absolute atomic E-state index is 0.0926. The summed E-state index contributed by atoms with van der Waals surface area (Å²) in [5, 5.41) is 10.4. The first-order chi connectivity index (χ1) is 6.09. The molecule has 1 aromatic rings. The summed E-state index contributed by atoms with van der Waals surface area (Å²) in [6.07, 6.45) is 1.74. The Balaban J connectivity index is 3.06. The van der Waals surface area contributed by atoms with Gasteiger partial charge in [-0.15, -0.1) is 0 Å². The van der Waals surface area contributed by atoms with Crippen LogP contribution < -0.4 is 0 Å². The van der Waals surface area contributed by atoms with Crippen LogP contribution in [0.2, 0.25) is 0 Å². The van der Waals surface area contributed by atoms with Crippen LogP contribution in [0.1, 0.15) is 5.56 Å². The average Bonchev–Trinajstić information content (AvgIpc) is 2.03. The maximum Gasteiger partial charge on any atom is 0.270 e. The fourth-order valence-electron chi connectivity index (χ4n) is 0.854. The van der Waals surface area contributed by atoms with E-state index in [1.54, 1.807) is 18.2 Å². The number of hydrogen-bond donors (Lipinski definition) is 0. The second-order valence-electron chi connectivity index (χ2n) is 2.29. The molecule has 0 amide bonds. The molecular weight excluding hydrogens is 302 g/mol. The standard InChI is InChI=1S/C8H5Br2NO2/c9-8(10)5-6-2-1-3-7(4-6)11(12)13/h1-5H. The Labute approximate surface area is 91.9 Å². The first-order valence-corrected chi connectivity index (χ1v) is 4.95.